The molecule has 36 heavy (non-hydrogen) atoms. The average molecular weight is 496 g/mol. The van der Waals surface area contributed by atoms with Gasteiger partial charge in [0.2, 0.25) is 11.8 Å². The molecule has 3 aliphatic rings. The molecule has 1 saturated carbocycles. The standard InChI is InChI=1S/C26H33N5O5/c1-15-20(13-30(2)29-15)28-24(32)12-18-8-9-21-23(36-18)14-35-22-10-7-17(11-19(22)26(34)31(21)3)27-25(33)16-5-4-6-16/h7,10-11,13,16,18,21,23H,4-6,8-9,12,14H2,1-3H3,(H,27,33)(H,28,32)/t18-,21-,23+/m0/s1. The van der Waals surface area contributed by atoms with Crippen molar-refractivity contribution in [2.24, 2.45) is 13.0 Å². The Balaban J connectivity index is 1.24. The Labute approximate surface area is 210 Å². The number of benzene rings is 1. The third-order valence-corrected chi connectivity index (χ3v) is 7.46. The highest BCUT2D eigenvalue weighted by Gasteiger charge is 2.39. The summed E-state index contributed by atoms with van der Waals surface area (Å²) in [7, 11) is 3.58. The summed E-state index contributed by atoms with van der Waals surface area (Å²) < 4.78 is 14.0. The van der Waals surface area contributed by atoms with E-state index in [2.05, 4.69) is 15.7 Å². The van der Waals surface area contributed by atoms with Crippen LogP contribution in [0.5, 0.6) is 5.75 Å². The van der Waals surface area contributed by atoms with E-state index in [9.17, 15) is 14.4 Å². The summed E-state index contributed by atoms with van der Waals surface area (Å²) >= 11 is 0. The summed E-state index contributed by atoms with van der Waals surface area (Å²) in [5.41, 5.74) is 2.47. The van der Waals surface area contributed by atoms with Crippen molar-refractivity contribution in [1.29, 1.82) is 0 Å². The number of carbonyl (C=O) groups is 3. The van der Waals surface area contributed by atoms with Crippen LogP contribution in [0.2, 0.25) is 0 Å². The quantitative estimate of drug-likeness (QED) is 0.659. The number of nitrogens with one attached hydrogen (secondary N) is 2. The molecule has 192 valence electrons. The molecule has 2 aromatic rings. The number of rotatable bonds is 5. The molecule has 1 aromatic carbocycles. The van der Waals surface area contributed by atoms with Crippen molar-refractivity contribution in [2.45, 2.75) is 63.7 Å². The van der Waals surface area contributed by atoms with Gasteiger partial charge in [-0.3, -0.25) is 19.1 Å². The number of aromatic nitrogens is 2. The maximum atomic E-state index is 13.4. The predicted octanol–water partition coefficient (Wildman–Crippen LogP) is 2.88. The zero-order chi connectivity index (χ0) is 25.4. The fraction of sp³-hybridized carbons (Fsp3) is 0.538. The molecule has 5 rings (SSSR count). The number of ether oxygens (including phenoxy) is 2. The van der Waals surface area contributed by atoms with Gasteiger partial charge in [-0.2, -0.15) is 5.10 Å². The lowest BCUT2D eigenvalue weighted by Crippen LogP contribution is -2.53. The lowest BCUT2D eigenvalue weighted by molar-refractivity contribution is -0.130. The maximum Gasteiger partial charge on any atom is 0.257 e. The van der Waals surface area contributed by atoms with E-state index < -0.39 is 0 Å². The SMILES string of the molecule is Cc1nn(C)cc1NC(=O)C[C@@H]1CC[C@H]2[C@@H](COc3ccc(NC(=O)C4CCC4)cc3C(=O)N2C)O1. The van der Waals surface area contributed by atoms with Gasteiger partial charge < -0.3 is 25.0 Å². The van der Waals surface area contributed by atoms with Crippen LogP contribution < -0.4 is 15.4 Å². The van der Waals surface area contributed by atoms with E-state index in [1.165, 1.54) is 0 Å². The van der Waals surface area contributed by atoms with Crippen LogP contribution in [0.25, 0.3) is 0 Å². The minimum absolute atomic E-state index is 0.00303. The van der Waals surface area contributed by atoms with Crippen molar-refractivity contribution in [3.05, 3.63) is 35.7 Å². The summed E-state index contributed by atoms with van der Waals surface area (Å²) in [5.74, 6) is 0.217. The number of likely N-dealkylation sites (N-methyl/N-ethyl adjacent to an activating group) is 1. The van der Waals surface area contributed by atoms with Crippen LogP contribution >= 0.6 is 0 Å². The minimum Gasteiger partial charge on any atom is -0.490 e. The minimum atomic E-state index is -0.350. The van der Waals surface area contributed by atoms with Gasteiger partial charge in [-0.15, -0.1) is 0 Å². The third-order valence-electron chi connectivity index (χ3n) is 7.46. The van der Waals surface area contributed by atoms with Gasteiger partial charge >= 0.3 is 0 Å². The molecule has 1 aliphatic carbocycles. The molecule has 3 amide bonds. The summed E-state index contributed by atoms with van der Waals surface area (Å²) in [6, 6.07) is 5.01. The van der Waals surface area contributed by atoms with E-state index in [1.54, 1.807) is 41.0 Å². The van der Waals surface area contributed by atoms with Gasteiger partial charge in [-0.05, 0) is 50.8 Å². The first-order valence-electron chi connectivity index (χ1n) is 12.6. The molecule has 0 spiro atoms. The Hall–Kier alpha value is -3.40. The molecule has 10 heteroatoms. The van der Waals surface area contributed by atoms with Crippen LogP contribution in [0.1, 0.15) is 54.6 Å². The molecule has 0 bridgehead atoms. The number of nitrogens with zero attached hydrogens (tertiary/aromatic N) is 3. The van der Waals surface area contributed by atoms with Gasteiger partial charge in [-0.25, -0.2) is 0 Å². The van der Waals surface area contributed by atoms with Gasteiger partial charge in [0.15, 0.2) is 0 Å². The Morgan fingerprint density at radius 2 is 1.94 bits per heavy atom. The Morgan fingerprint density at radius 3 is 2.64 bits per heavy atom. The topological polar surface area (TPSA) is 115 Å². The molecule has 10 nitrogen and oxygen atoms in total. The maximum absolute atomic E-state index is 13.4. The Kier molecular flexibility index (Phi) is 6.70. The number of hydrogen-bond donors (Lipinski definition) is 2. The lowest BCUT2D eigenvalue weighted by atomic mass is 9.85. The Morgan fingerprint density at radius 1 is 1.14 bits per heavy atom. The van der Waals surface area contributed by atoms with Gasteiger partial charge in [0.25, 0.3) is 5.91 Å². The smallest absolute Gasteiger partial charge is 0.257 e. The van der Waals surface area contributed by atoms with Crippen LogP contribution in [-0.4, -0.2) is 64.3 Å². The van der Waals surface area contributed by atoms with Crippen molar-refractivity contribution in [1.82, 2.24) is 14.7 Å². The predicted molar refractivity (Wildman–Crippen MR) is 133 cm³/mol. The monoisotopic (exact) mass is 495 g/mol. The van der Waals surface area contributed by atoms with Crippen molar-refractivity contribution in [2.75, 3.05) is 24.3 Å². The molecule has 1 saturated heterocycles. The van der Waals surface area contributed by atoms with Gasteiger partial charge in [0.1, 0.15) is 18.5 Å². The highest BCUT2D eigenvalue weighted by molar-refractivity contribution is 6.00. The van der Waals surface area contributed by atoms with Crippen LogP contribution in [0.15, 0.2) is 24.4 Å². The molecule has 1 aromatic heterocycles. The molecule has 0 radical (unpaired) electrons. The number of fused-ring (bicyclic) bond motifs is 2. The fourth-order valence-corrected chi connectivity index (χ4v) is 5.15. The molecular formula is C26H33N5O5. The van der Waals surface area contributed by atoms with Crippen molar-refractivity contribution >= 4 is 29.1 Å². The molecule has 2 N–H and O–H groups in total. The van der Waals surface area contributed by atoms with Crippen LogP contribution in [0, 0.1) is 12.8 Å². The largest absolute Gasteiger partial charge is 0.490 e. The van der Waals surface area contributed by atoms with Crippen LogP contribution in [0.4, 0.5) is 11.4 Å². The number of carbonyl (C=O) groups excluding carboxylic acids is 3. The highest BCUT2D eigenvalue weighted by Crippen LogP contribution is 2.33. The van der Waals surface area contributed by atoms with Crippen LogP contribution in [0.3, 0.4) is 0 Å². The van der Waals surface area contributed by atoms with E-state index in [1.807, 2.05) is 14.0 Å². The second kappa shape index (κ2) is 9.93. The van der Waals surface area contributed by atoms with Crippen molar-refractivity contribution in [3.8, 4) is 5.75 Å². The second-order valence-electron chi connectivity index (χ2n) is 10.1. The summed E-state index contributed by atoms with van der Waals surface area (Å²) in [5, 5.41) is 10.1. The first kappa shape index (κ1) is 24.3. The summed E-state index contributed by atoms with van der Waals surface area (Å²) in [6.07, 6.45) is 5.64. The van der Waals surface area contributed by atoms with Crippen molar-refractivity contribution < 1.29 is 23.9 Å². The van der Waals surface area contributed by atoms with E-state index in [-0.39, 0.29) is 54.9 Å². The van der Waals surface area contributed by atoms with Crippen LogP contribution in [-0.2, 0) is 21.4 Å². The van der Waals surface area contributed by atoms with Crippen molar-refractivity contribution in [3.63, 3.8) is 0 Å². The zero-order valence-electron chi connectivity index (χ0n) is 21.0. The summed E-state index contributed by atoms with van der Waals surface area (Å²) in [4.78, 5) is 40.1. The second-order valence-corrected chi connectivity index (χ2v) is 10.1. The van der Waals surface area contributed by atoms with E-state index in [0.29, 0.717) is 35.5 Å². The van der Waals surface area contributed by atoms with Gasteiger partial charge in [-0.1, -0.05) is 6.42 Å². The number of hydrogen-bond acceptors (Lipinski definition) is 6. The number of amides is 3. The van der Waals surface area contributed by atoms with E-state index >= 15 is 0 Å². The Bertz CT molecular complexity index is 1170. The molecule has 3 heterocycles. The highest BCUT2D eigenvalue weighted by atomic mass is 16.5. The molecule has 0 unspecified atom stereocenters. The lowest BCUT2D eigenvalue weighted by Gasteiger charge is -2.42. The van der Waals surface area contributed by atoms with Gasteiger partial charge in [0, 0.05) is 31.9 Å². The normalized spacial score (nSPS) is 23.9. The molecular weight excluding hydrogens is 462 g/mol. The number of anilines is 2. The summed E-state index contributed by atoms with van der Waals surface area (Å²) in [6.45, 7) is 2.11. The third kappa shape index (κ3) is 4.95. The average Bonchev–Trinajstić information content (AvgIpc) is 3.11. The van der Waals surface area contributed by atoms with E-state index in [4.69, 9.17) is 9.47 Å². The number of aryl methyl sites for hydroxylation is 2. The molecule has 3 atom stereocenters. The molecule has 2 aliphatic heterocycles. The first-order chi connectivity index (χ1) is 17.3. The molecule has 2 fully saturated rings. The zero-order valence-corrected chi connectivity index (χ0v) is 21.0. The fourth-order valence-electron chi connectivity index (χ4n) is 5.15. The first-order valence-corrected chi connectivity index (χ1v) is 12.6. The van der Waals surface area contributed by atoms with Gasteiger partial charge in [0.05, 0.1) is 35.5 Å². The van der Waals surface area contributed by atoms with E-state index in [0.717, 1.165) is 25.0 Å².